The summed E-state index contributed by atoms with van der Waals surface area (Å²) in [5.74, 6) is -0.0367. The summed E-state index contributed by atoms with van der Waals surface area (Å²) in [5.41, 5.74) is 4.47. The second-order valence-corrected chi connectivity index (χ2v) is 8.65. The van der Waals surface area contributed by atoms with E-state index in [1.165, 1.54) is 11.1 Å². The van der Waals surface area contributed by atoms with Crippen LogP contribution in [-0.2, 0) is 16.7 Å². The van der Waals surface area contributed by atoms with Crippen LogP contribution in [0.5, 0.6) is 0 Å². The van der Waals surface area contributed by atoms with Crippen molar-refractivity contribution in [3.63, 3.8) is 0 Å². The number of hydrogen-bond donors (Lipinski definition) is 1. The minimum atomic E-state index is -0.0367. The monoisotopic (exact) mass is 380 g/mol. The first-order valence-corrected chi connectivity index (χ1v) is 10.1. The van der Waals surface area contributed by atoms with Crippen LogP contribution in [0.3, 0.4) is 0 Å². The fourth-order valence-electron chi connectivity index (χ4n) is 3.41. The lowest BCUT2D eigenvalue weighted by molar-refractivity contribution is 0.0342. The quantitative estimate of drug-likeness (QED) is 0.840. The molecular weight excluding hydrogens is 348 g/mol. The number of carbonyl (C=O) groups excluding carboxylic acids is 1. The van der Waals surface area contributed by atoms with Crippen molar-refractivity contribution in [1.29, 1.82) is 0 Å². The molecule has 2 aromatic rings. The molecule has 0 unspecified atom stereocenters. The summed E-state index contributed by atoms with van der Waals surface area (Å²) in [7, 11) is 0. The topological polar surface area (TPSA) is 41.6 Å². The second kappa shape index (κ2) is 8.89. The molecular formula is C24H32N2O2. The van der Waals surface area contributed by atoms with Gasteiger partial charge in [-0.25, -0.2) is 0 Å². The lowest BCUT2D eigenvalue weighted by Gasteiger charge is -2.26. The minimum absolute atomic E-state index is 0.0328. The van der Waals surface area contributed by atoms with Gasteiger partial charge in [0.25, 0.3) is 5.91 Å². The van der Waals surface area contributed by atoms with Gasteiger partial charge >= 0.3 is 0 Å². The Hall–Kier alpha value is -2.17. The van der Waals surface area contributed by atoms with Crippen LogP contribution in [0.4, 0.5) is 0 Å². The highest BCUT2D eigenvalue weighted by Crippen LogP contribution is 2.24. The van der Waals surface area contributed by atoms with Gasteiger partial charge in [-0.2, -0.15) is 0 Å². The molecule has 0 spiro atoms. The van der Waals surface area contributed by atoms with Gasteiger partial charge in [0.05, 0.1) is 19.3 Å². The Kier molecular flexibility index (Phi) is 6.53. The molecule has 1 aliphatic rings. The van der Waals surface area contributed by atoms with Gasteiger partial charge in [-0.3, -0.25) is 9.69 Å². The molecule has 0 aromatic heterocycles. The van der Waals surface area contributed by atoms with Crippen LogP contribution in [0.2, 0.25) is 0 Å². The molecule has 1 aliphatic heterocycles. The fourth-order valence-corrected chi connectivity index (χ4v) is 3.41. The Bertz CT molecular complexity index is 770. The number of carbonyl (C=O) groups is 1. The maximum Gasteiger partial charge on any atom is 0.251 e. The zero-order valence-electron chi connectivity index (χ0n) is 17.5. The lowest BCUT2D eigenvalue weighted by atomic mass is 9.86. The summed E-state index contributed by atoms with van der Waals surface area (Å²) in [5, 5.41) is 3.11. The van der Waals surface area contributed by atoms with E-state index in [1.54, 1.807) is 0 Å². The van der Waals surface area contributed by atoms with E-state index in [4.69, 9.17) is 4.74 Å². The van der Waals surface area contributed by atoms with E-state index in [2.05, 4.69) is 55.3 Å². The van der Waals surface area contributed by atoms with E-state index in [0.29, 0.717) is 5.56 Å². The molecule has 3 rings (SSSR count). The predicted octanol–water partition coefficient (Wildman–Crippen LogP) is 4.31. The molecule has 0 saturated carbocycles. The van der Waals surface area contributed by atoms with E-state index in [0.717, 1.165) is 38.4 Å². The summed E-state index contributed by atoms with van der Waals surface area (Å²) in [6.07, 6.45) is 0. The van der Waals surface area contributed by atoms with Crippen LogP contribution < -0.4 is 5.32 Å². The molecule has 1 N–H and O–H groups in total. The van der Waals surface area contributed by atoms with E-state index < -0.39 is 0 Å². The SMILES string of the molecule is C[C@@H](NC(=O)c1ccc(CN2CCOCC2)cc1)c1ccc(C(C)(C)C)cc1. The molecule has 150 valence electrons. The maximum absolute atomic E-state index is 12.6. The largest absolute Gasteiger partial charge is 0.379 e. The molecule has 1 atom stereocenters. The van der Waals surface area contributed by atoms with Gasteiger partial charge in [-0.1, -0.05) is 57.2 Å². The summed E-state index contributed by atoms with van der Waals surface area (Å²) in [4.78, 5) is 15.0. The van der Waals surface area contributed by atoms with Crippen LogP contribution >= 0.6 is 0 Å². The molecule has 0 aliphatic carbocycles. The molecule has 4 nitrogen and oxygen atoms in total. The molecule has 1 heterocycles. The highest BCUT2D eigenvalue weighted by molar-refractivity contribution is 5.94. The maximum atomic E-state index is 12.6. The third-order valence-corrected chi connectivity index (χ3v) is 5.35. The number of nitrogens with one attached hydrogen (secondary N) is 1. The van der Waals surface area contributed by atoms with E-state index in [-0.39, 0.29) is 17.4 Å². The molecule has 2 aromatic carbocycles. The van der Waals surface area contributed by atoms with Gasteiger partial charge in [0.1, 0.15) is 0 Å². The predicted molar refractivity (Wildman–Crippen MR) is 114 cm³/mol. The van der Waals surface area contributed by atoms with Crippen molar-refractivity contribution in [3.8, 4) is 0 Å². The van der Waals surface area contributed by atoms with Gasteiger partial charge in [0.15, 0.2) is 0 Å². The van der Waals surface area contributed by atoms with E-state index in [1.807, 2.05) is 31.2 Å². The molecule has 1 saturated heterocycles. The number of ether oxygens (including phenoxy) is 1. The van der Waals surface area contributed by atoms with Gasteiger partial charge in [0, 0.05) is 25.2 Å². The molecule has 0 radical (unpaired) electrons. The van der Waals surface area contributed by atoms with Gasteiger partial charge in [-0.15, -0.1) is 0 Å². The normalized spacial score (nSPS) is 16.6. The highest BCUT2D eigenvalue weighted by atomic mass is 16.5. The first-order valence-electron chi connectivity index (χ1n) is 10.1. The van der Waals surface area contributed by atoms with Crippen molar-refractivity contribution in [2.24, 2.45) is 0 Å². The Morgan fingerprint density at radius 1 is 1.04 bits per heavy atom. The summed E-state index contributed by atoms with van der Waals surface area (Å²) < 4.78 is 5.39. The second-order valence-electron chi connectivity index (χ2n) is 8.65. The van der Waals surface area contributed by atoms with Crippen molar-refractivity contribution in [1.82, 2.24) is 10.2 Å². The van der Waals surface area contributed by atoms with Gasteiger partial charge < -0.3 is 10.1 Å². The van der Waals surface area contributed by atoms with Crippen LogP contribution in [0.25, 0.3) is 0 Å². The Morgan fingerprint density at radius 3 is 2.21 bits per heavy atom. The van der Waals surface area contributed by atoms with E-state index >= 15 is 0 Å². The van der Waals surface area contributed by atoms with Gasteiger partial charge in [0.2, 0.25) is 0 Å². The van der Waals surface area contributed by atoms with Crippen molar-refractivity contribution in [3.05, 3.63) is 70.8 Å². The Morgan fingerprint density at radius 2 is 1.64 bits per heavy atom. The van der Waals surface area contributed by atoms with Crippen molar-refractivity contribution in [2.45, 2.75) is 45.7 Å². The van der Waals surface area contributed by atoms with Crippen molar-refractivity contribution < 1.29 is 9.53 Å². The zero-order valence-corrected chi connectivity index (χ0v) is 17.5. The average molecular weight is 381 g/mol. The number of hydrogen-bond acceptors (Lipinski definition) is 3. The first-order chi connectivity index (χ1) is 13.3. The number of rotatable bonds is 5. The van der Waals surface area contributed by atoms with E-state index in [9.17, 15) is 4.79 Å². The third-order valence-electron chi connectivity index (χ3n) is 5.35. The molecule has 1 fully saturated rings. The van der Waals surface area contributed by atoms with Crippen molar-refractivity contribution >= 4 is 5.91 Å². The average Bonchev–Trinajstić information content (AvgIpc) is 2.68. The molecule has 4 heteroatoms. The number of morpholine rings is 1. The smallest absolute Gasteiger partial charge is 0.251 e. The summed E-state index contributed by atoms with van der Waals surface area (Å²) in [6.45, 7) is 13.1. The standard InChI is InChI=1S/C24H32N2O2/c1-18(20-9-11-22(12-10-20)24(2,3)4)25-23(27)21-7-5-19(6-8-21)17-26-13-15-28-16-14-26/h5-12,18H,13-17H2,1-4H3,(H,25,27)/t18-/m1/s1. The van der Waals surface area contributed by atoms with Crippen LogP contribution in [-0.4, -0.2) is 37.1 Å². The lowest BCUT2D eigenvalue weighted by Crippen LogP contribution is -2.35. The highest BCUT2D eigenvalue weighted by Gasteiger charge is 2.16. The van der Waals surface area contributed by atoms with Crippen LogP contribution in [0.15, 0.2) is 48.5 Å². The van der Waals surface area contributed by atoms with Crippen LogP contribution in [0, 0.1) is 0 Å². The summed E-state index contributed by atoms with van der Waals surface area (Å²) in [6, 6.07) is 16.4. The third kappa shape index (κ3) is 5.43. The van der Waals surface area contributed by atoms with Gasteiger partial charge in [-0.05, 0) is 41.2 Å². The number of amides is 1. The minimum Gasteiger partial charge on any atom is -0.379 e. The Balaban J connectivity index is 1.57. The van der Waals surface area contributed by atoms with Crippen LogP contribution in [0.1, 0.15) is 60.8 Å². The van der Waals surface area contributed by atoms with Crippen molar-refractivity contribution in [2.75, 3.05) is 26.3 Å². The Labute approximate surface area is 168 Å². The first kappa shape index (κ1) is 20.6. The summed E-state index contributed by atoms with van der Waals surface area (Å²) >= 11 is 0. The molecule has 28 heavy (non-hydrogen) atoms. The molecule has 0 bridgehead atoms. The molecule has 1 amide bonds. The zero-order chi connectivity index (χ0) is 20.1. The fraction of sp³-hybridized carbons (Fsp3) is 0.458. The number of nitrogens with zero attached hydrogens (tertiary/aromatic N) is 1. The number of benzene rings is 2.